The largest absolute Gasteiger partial charge is 0.490 e. The second kappa shape index (κ2) is 8.83. The number of nitrogens with one attached hydrogen (secondary N) is 1. The molecule has 0 amide bonds. The van der Waals surface area contributed by atoms with Crippen LogP contribution in [0.3, 0.4) is 0 Å². The third kappa shape index (κ3) is 5.78. The zero-order valence-corrected chi connectivity index (χ0v) is 15.4. The van der Waals surface area contributed by atoms with Crippen LogP contribution < -0.4 is 0 Å². The highest BCUT2D eigenvalue weighted by molar-refractivity contribution is 5.77. The number of methoxy groups -OCH3 is 1. The Balaban J connectivity index is 0.000000345. The average Bonchev–Trinajstić information content (AvgIpc) is 3.20. The third-order valence-corrected chi connectivity index (χ3v) is 3.75. The number of fused-ring (bicyclic) bond motifs is 1. The number of carboxylic acids is 1. The van der Waals surface area contributed by atoms with Crippen LogP contribution in [0.2, 0.25) is 0 Å². The Morgan fingerprint density at radius 3 is 2.46 bits per heavy atom. The summed E-state index contributed by atoms with van der Waals surface area (Å²) in [5.41, 5.74) is 4.58. The number of ether oxygens (including phenoxy) is 1. The van der Waals surface area contributed by atoms with Gasteiger partial charge in [0, 0.05) is 20.0 Å². The number of H-pyrrole nitrogens is 1. The number of hydrogen-bond donors (Lipinski definition) is 2. The first kappa shape index (κ1) is 21.4. The maximum absolute atomic E-state index is 10.6. The van der Waals surface area contributed by atoms with Gasteiger partial charge in [-0.1, -0.05) is 5.16 Å². The van der Waals surface area contributed by atoms with E-state index in [1.54, 1.807) is 7.11 Å². The number of carboxylic acid groups (broad SMARTS) is 1. The Labute approximate surface area is 157 Å². The number of rotatable bonds is 5. The lowest BCUT2D eigenvalue weighted by atomic mass is 10.1. The molecule has 0 saturated carbocycles. The summed E-state index contributed by atoms with van der Waals surface area (Å²) in [5.74, 6) is -0.646. The number of hydrogen-bond acceptors (Lipinski definition) is 6. The maximum atomic E-state index is 10.6. The van der Waals surface area contributed by atoms with Crippen molar-refractivity contribution in [2.24, 2.45) is 0 Å². The molecule has 0 unspecified atom stereocenters. The monoisotopic (exact) mass is 400 g/mol. The van der Waals surface area contributed by atoms with E-state index >= 15 is 0 Å². The molecule has 0 saturated heterocycles. The van der Waals surface area contributed by atoms with Crippen molar-refractivity contribution in [2.45, 2.75) is 39.5 Å². The Kier molecular flexibility index (Phi) is 6.73. The van der Waals surface area contributed by atoms with E-state index in [1.807, 2.05) is 0 Å². The number of aliphatic carboxylic acids is 1. The highest BCUT2D eigenvalue weighted by Crippen LogP contribution is 2.18. The molecule has 0 aliphatic carbocycles. The minimum absolute atomic E-state index is 0.368. The van der Waals surface area contributed by atoms with Gasteiger partial charge in [-0.05, 0) is 37.1 Å². The zero-order chi connectivity index (χ0) is 20.9. The molecule has 0 radical (unpaired) electrons. The second-order valence-electron chi connectivity index (χ2n) is 5.98. The van der Waals surface area contributed by atoms with Gasteiger partial charge in [0.25, 0.3) is 0 Å². The minimum Gasteiger partial charge on any atom is -0.475 e. The van der Waals surface area contributed by atoms with E-state index in [0.717, 1.165) is 23.3 Å². The summed E-state index contributed by atoms with van der Waals surface area (Å²) in [6, 6.07) is 4.23. The van der Waals surface area contributed by atoms with Crippen LogP contribution in [0.25, 0.3) is 11.0 Å². The van der Waals surface area contributed by atoms with E-state index in [2.05, 4.69) is 46.1 Å². The van der Waals surface area contributed by atoms with Crippen molar-refractivity contribution in [1.82, 2.24) is 20.1 Å². The Morgan fingerprint density at radius 2 is 1.86 bits per heavy atom. The molecule has 2 heterocycles. The zero-order valence-electron chi connectivity index (χ0n) is 15.4. The minimum atomic E-state index is -5.08. The van der Waals surface area contributed by atoms with Crippen molar-refractivity contribution in [3.8, 4) is 0 Å². The summed E-state index contributed by atoms with van der Waals surface area (Å²) in [6.07, 6.45) is -3.68. The molecule has 28 heavy (non-hydrogen) atoms. The molecule has 0 fully saturated rings. The van der Waals surface area contributed by atoms with Gasteiger partial charge in [0.2, 0.25) is 5.89 Å². The van der Waals surface area contributed by atoms with Gasteiger partial charge in [-0.15, -0.1) is 0 Å². The first-order valence-electron chi connectivity index (χ1n) is 8.16. The Hall–Kier alpha value is -2.95. The number of imidazole rings is 1. The van der Waals surface area contributed by atoms with Crippen LogP contribution in [-0.4, -0.2) is 44.5 Å². The molecule has 0 bridgehead atoms. The lowest BCUT2D eigenvalue weighted by Gasteiger charge is -1.97. The topological polar surface area (TPSA) is 114 Å². The van der Waals surface area contributed by atoms with E-state index in [1.165, 1.54) is 11.1 Å². The van der Waals surface area contributed by atoms with Crippen LogP contribution >= 0.6 is 0 Å². The van der Waals surface area contributed by atoms with Gasteiger partial charge in [0.15, 0.2) is 5.82 Å². The van der Waals surface area contributed by atoms with Crippen LogP contribution in [0.1, 0.15) is 28.7 Å². The van der Waals surface area contributed by atoms with Crippen molar-refractivity contribution in [2.75, 3.05) is 7.11 Å². The van der Waals surface area contributed by atoms with Gasteiger partial charge in [-0.3, -0.25) is 0 Å². The van der Waals surface area contributed by atoms with E-state index in [-0.39, 0.29) is 0 Å². The van der Waals surface area contributed by atoms with Crippen molar-refractivity contribution in [1.29, 1.82) is 0 Å². The second-order valence-corrected chi connectivity index (χ2v) is 5.98. The Bertz CT molecular complexity index is 911. The van der Waals surface area contributed by atoms with Crippen LogP contribution in [0.5, 0.6) is 0 Å². The fraction of sp³-hybridized carbons (Fsp3) is 0.412. The van der Waals surface area contributed by atoms with Gasteiger partial charge in [-0.25, -0.2) is 9.78 Å². The molecule has 152 valence electrons. The summed E-state index contributed by atoms with van der Waals surface area (Å²) < 4.78 is 41.9. The van der Waals surface area contributed by atoms with Crippen molar-refractivity contribution in [3.05, 3.63) is 40.8 Å². The molecule has 0 aliphatic heterocycles. The predicted octanol–water partition coefficient (Wildman–Crippen LogP) is 3.13. The van der Waals surface area contributed by atoms with Gasteiger partial charge < -0.3 is 19.4 Å². The fourth-order valence-electron chi connectivity index (χ4n) is 2.25. The maximum Gasteiger partial charge on any atom is 0.490 e. The summed E-state index contributed by atoms with van der Waals surface area (Å²) in [4.78, 5) is 21.1. The van der Waals surface area contributed by atoms with Gasteiger partial charge >= 0.3 is 12.1 Å². The first-order chi connectivity index (χ1) is 13.1. The van der Waals surface area contributed by atoms with Crippen LogP contribution in [-0.2, 0) is 29.0 Å². The predicted molar refractivity (Wildman–Crippen MR) is 91.7 cm³/mol. The number of carbonyl (C=O) groups is 1. The molecule has 1 aromatic carbocycles. The number of aromatic nitrogens is 4. The molecular weight excluding hydrogens is 381 g/mol. The van der Waals surface area contributed by atoms with Gasteiger partial charge in [-0.2, -0.15) is 18.2 Å². The van der Waals surface area contributed by atoms with E-state index in [4.69, 9.17) is 19.2 Å². The average molecular weight is 400 g/mol. The van der Waals surface area contributed by atoms with E-state index in [9.17, 15) is 13.2 Å². The van der Waals surface area contributed by atoms with Crippen LogP contribution in [0.15, 0.2) is 16.7 Å². The fourth-order valence-corrected chi connectivity index (χ4v) is 2.25. The SMILES string of the molecule is COCc1noc(CCc2nc3cc(C)c(C)cc3[nH]2)n1.O=C(O)C(F)(F)F. The van der Waals surface area contributed by atoms with Crippen molar-refractivity contribution in [3.63, 3.8) is 0 Å². The number of aryl methyl sites for hydroxylation is 4. The Morgan fingerprint density at radius 1 is 1.21 bits per heavy atom. The molecule has 11 heteroatoms. The summed E-state index contributed by atoms with van der Waals surface area (Å²) >= 11 is 0. The smallest absolute Gasteiger partial charge is 0.475 e. The van der Waals surface area contributed by atoms with Crippen molar-refractivity contribution < 1.29 is 32.3 Å². The number of aromatic amines is 1. The van der Waals surface area contributed by atoms with Gasteiger partial charge in [0.1, 0.15) is 12.4 Å². The third-order valence-electron chi connectivity index (χ3n) is 3.75. The quantitative estimate of drug-likeness (QED) is 0.676. The molecular formula is C17H19F3N4O4. The normalized spacial score (nSPS) is 11.4. The summed E-state index contributed by atoms with van der Waals surface area (Å²) in [7, 11) is 1.61. The summed E-state index contributed by atoms with van der Waals surface area (Å²) in [5, 5.41) is 11.0. The van der Waals surface area contributed by atoms with Crippen LogP contribution in [0, 0.1) is 13.8 Å². The summed E-state index contributed by atoms with van der Waals surface area (Å²) in [6.45, 7) is 4.57. The molecule has 8 nitrogen and oxygen atoms in total. The number of nitrogens with zero attached hydrogens (tertiary/aromatic N) is 3. The van der Waals surface area contributed by atoms with E-state index < -0.39 is 12.1 Å². The highest BCUT2D eigenvalue weighted by Gasteiger charge is 2.38. The molecule has 0 spiro atoms. The molecule has 3 aromatic rings. The van der Waals surface area contributed by atoms with Crippen molar-refractivity contribution >= 4 is 17.0 Å². The van der Waals surface area contributed by atoms with E-state index in [0.29, 0.717) is 24.7 Å². The number of alkyl halides is 3. The highest BCUT2D eigenvalue weighted by atomic mass is 19.4. The lowest BCUT2D eigenvalue weighted by molar-refractivity contribution is -0.192. The first-order valence-corrected chi connectivity index (χ1v) is 8.16. The molecule has 0 atom stereocenters. The molecule has 2 aromatic heterocycles. The molecule has 3 rings (SSSR count). The van der Waals surface area contributed by atoms with Gasteiger partial charge in [0.05, 0.1) is 11.0 Å². The molecule has 0 aliphatic rings. The molecule has 2 N–H and O–H groups in total. The lowest BCUT2D eigenvalue weighted by Crippen LogP contribution is -2.21. The standard InChI is InChI=1S/C15H18N4O2.C2HF3O2/c1-9-6-11-12(7-10(9)2)17-13(16-11)4-5-15-18-14(8-20-3)19-21-15;3-2(4,5)1(6)7/h6-7H,4-5,8H2,1-3H3,(H,16,17);(H,6,7). The van der Waals surface area contributed by atoms with Crippen LogP contribution in [0.4, 0.5) is 13.2 Å². The number of halogens is 3. The number of benzene rings is 1.